The second-order valence-corrected chi connectivity index (χ2v) is 6.78. The predicted molar refractivity (Wildman–Crippen MR) is 79.8 cm³/mol. The largest absolute Gasteiger partial charge is 0.469 e. The molecule has 5 nitrogen and oxygen atoms in total. The van der Waals surface area contributed by atoms with Gasteiger partial charge in [0.05, 0.1) is 18.5 Å². The highest BCUT2D eigenvalue weighted by molar-refractivity contribution is 9.10. The normalized spacial score (nSPS) is 15.7. The zero-order valence-electron chi connectivity index (χ0n) is 10.9. The summed E-state index contributed by atoms with van der Waals surface area (Å²) in [6.07, 6.45) is 2.50. The second kappa shape index (κ2) is 6.13. The standard InChI is InChI=1S/C13H14BrNO4S/c1-19-12(16)7-13(4-5-13)8-20-11-3-2-9(15(17)18)6-10(11)14/h2-3,6H,4-5,7-8H2,1H3. The van der Waals surface area contributed by atoms with Gasteiger partial charge < -0.3 is 4.74 Å². The van der Waals surface area contributed by atoms with E-state index in [0.29, 0.717) is 10.9 Å². The van der Waals surface area contributed by atoms with E-state index in [1.807, 2.05) is 0 Å². The van der Waals surface area contributed by atoms with Crippen molar-refractivity contribution in [2.45, 2.75) is 24.2 Å². The number of nitrogens with zero attached hydrogens (tertiary/aromatic N) is 1. The van der Waals surface area contributed by atoms with Crippen LogP contribution in [0, 0.1) is 15.5 Å². The molecule has 0 amide bonds. The molecule has 0 bridgehead atoms. The molecule has 7 heteroatoms. The number of hydrogen-bond acceptors (Lipinski definition) is 5. The van der Waals surface area contributed by atoms with Crippen LogP contribution >= 0.6 is 27.7 Å². The lowest BCUT2D eigenvalue weighted by atomic mass is 10.1. The van der Waals surface area contributed by atoms with E-state index >= 15 is 0 Å². The Labute approximate surface area is 129 Å². The molecule has 0 aromatic heterocycles. The van der Waals surface area contributed by atoms with Gasteiger partial charge in [0.1, 0.15) is 0 Å². The van der Waals surface area contributed by atoms with Gasteiger partial charge >= 0.3 is 5.97 Å². The monoisotopic (exact) mass is 359 g/mol. The van der Waals surface area contributed by atoms with Crippen LogP contribution in [0.1, 0.15) is 19.3 Å². The zero-order valence-corrected chi connectivity index (χ0v) is 13.3. The van der Waals surface area contributed by atoms with Gasteiger partial charge in [-0.25, -0.2) is 0 Å². The summed E-state index contributed by atoms with van der Waals surface area (Å²) in [6.45, 7) is 0. The maximum absolute atomic E-state index is 11.3. The number of benzene rings is 1. The van der Waals surface area contributed by atoms with E-state index in [4.69, 9.17) is 4.74 Å². The van der Waals surface area contributed by atoms with Crippen LogP contribution in [0.4, 0.5) is 5.69 Å². The molecule has 1 fully saturated rings. The maximum Gasteiger partial charge on any atom is 0.306 e. The number of non-ortho nitro benzene ring substituents is 1. The first-order chi connectivity index (χ1) is 9.46. The number of rotatable bonds is 6. The van der Waals surface area contributed by atoms with Crippen LogP contribution in [0.25, 0.3) is 0 Å². The minimum Gasteiger partial charge on any atom is -0.469 e. The van der Waals surface area contributed by atoms with Crippen LogP contribution in [0.3, 0.4) is 0 Å². The van der Waals surface area contributed by atoms with Crippen LogP contribution in [0.15, 0.2) is 27.6 Å². The van der Waals surface area contributed by atoms with Gasteiger partial charge in [0.2, 0.25) is 0 Å². The lowest BCUT2D eigenvalue weighted by Gasteiger charge is -2.13. The molecule has 1 aromatic rings. The molecule has 0 spiro atoms. The van der Waals surface area contributed by atoms with Crippen LogP contribution in [0.5, 0.6) is 0 Å². The summed E-state index contributed by atoms with van der Waals surface area (Å²) in [4.78, 5) is 22.6. The number of nitro benzene ring substituents is 1. The highest BCUT2D eigenvalue weighted by Gasteiger charge is 2.44. The Bertz CT molecular complexity index is 545. The number of halogens is 1. The smallest absolute Gasteiger partial charge is 0.306 e. The summed E-state index contributed by atoms with van der Waals surface area (Å²) in [5.41, 5.74) is 0.107. The van der Waals surface area contributed by atoms with E-state index in [1.54, 1.807) is 17.8 Å². The third-order valence-electron chi connectivity index (χ3n) is 3.36. The third-order valence-corrected chi connectivity index (χ3v) is 5.71. The van der Waals surface area contributed by atoms with E-state index < -0.39 is 4.92 Å². The predicted octanol–water partition coefficient (Wildman–Crippen LogP) is 3.79. The Kier molecular flexibility index (Phi) is 4.70. The van der Waals surface area contributed by atoms with Crippen molar-refractivity contribution < 1.29 is 14.5 Å². The quantitative estimate of drug-likeness (QED) is 0.334. The van der Waals surface area contributed by atoms with Crippen LogP contribution in [-0.2, 0) is 9.53 Å². The Morgan fingerprint density at radius 1 is 1.55 bits per heavy atom. The molecule has 2 rings (SSSR count). The highest BCUT2D eigenvalue weighted by Crippen LogP contribution is 2.52. The fourth-order valence-corrected chi connectivity index (χ4v) is 3.80. The minimum absolute atomic E-state index is 0.0406. The second-order valence-electron chi connectivity index (χ2n) is 4.91. The van der Waals surface area contributed by atoms with Crippen molar-refractivity contribution in [3.63, 3.8) is 0 Å². The van der Waals surface area contributed by atoms with E-state index in [9.17, 15) is 14.9 Å². The first-order valence-electron chi connectivity index (χ1n) is 6.09. The van der Waals surface area contributed by atoms with Crippen LogP contribution in [0.2, 0.25) is 0 Å². The molecule has 0 N–H and O–H groups in total. The van der Waals surface area contributed by atoms with Gasteiger partial charge in [-0.3, -0.25) is 14.9 Å². The van der Waals surface area contributed by atoms with Crippen molar-refractivity contribution in [1.82, 2.24) is 0 Å². The van der Waals surface area contributed by atoms with Crippen molar-refractivity contribution in [3.8, 4) is 0 Å². The summed E-state index contributed by atoms with van der Waals surface area (Å²) in [7, 11) is 1.40. The number of hydrogen-bond donors (Lipinski definition) is 0. The summed E-state index contributed by atoms with van der Waals surface area (Å²) in [5.74, 6) is 0.643. The van der Waals surface area contributed by atoms with Gasteiger partial charge in [-0.15, -0.1) is 11.8 Å². The van der Waals surface area contributed by atoms with Crippen molar-refractivity contribution in [2.24, 2.45) is 5.41 Å². The van der Waals surface area contributed by atoms with Gasteiger partial charge in [-0.2, -0.15) is 0 Å². The van der Waals surface area contributed by atoms with Gasteiger partial charge in [0.25, 0.3) is 5.69 Å². The number of thioether (sulfide) groups is 1. The Balaban J connectivity index is 1.98. The molecule has 0 unspecified atom stereocenters. The SMILES string of the molecule is COC(=O)CC1(CSc2ccc([N+](=O)[O-])cc2Br)CC1. The van der Waals surface area contributed by atoms with Crippen LogP contribution < -0.4 is 0 Å². The van der Waals surface area contributed by atoms with Crippen LogP contribution in [-0.4, -0.2) is 23.8 Å². The molecule has 0 aliphatic heterocycles. The summed E-state index contributed by atoms with van der Waals surface area (Å²) < 4.78 is 5.42. The van der Waals surface area contributed by atoms with Crippen molar-refractivity contribution >= 4 is 39.3 Å². The van der Waals surface area contributed by atoms with Crippen molar-refractivity contribution in [2.75, 3.05) is 12.9 Å². The molecule has 0 radical (unpaired) electrons. The Morgan fingerprint density at radius 2 is 2.25 bits per heavy atom. The molecule has 20 heavy (non-hydrogen) atoms. The van der Waals surface area contributed by atoms with E-state index in [0.717, 1.165) is 23.5 Å². The molecule has 1 aliphatic carbocycles. The minimum atomic E-state index is -0.418. The lowest BCUT2D eigenvalue weighted by molar-refractivity contribution is -0.385. The molecule has 1 saturated carbocycles. The molecular formula is C13H14BrNO4S. The summed E-state index contributed by atoms with van der Waals surface area (Å²) in [5, 5.41) is 10.7. The Morgan fingerprint density at radius 3 is 2.75 bits per heavy atom. The molecule has 1 aliphatic rings. The molecule has 0 heterocycles. The number of carbonyl (C=O) groups is 1. The first-order valence-corrected chi connectivity index (χ1v) is 7.87. The van der Waals surface area contributed by atoms with Gasteiger partial charge in [-0.05, 0) is 40.3 Å². The number of ether oxygens (including phenoxy) is 1. The number of nitro groups is 1. The van der Waals surface area contributed by atoms with E-state index in [2.05, 4.69) is 15.9 Å². The average molecular weight is 360 g/mol. The summed E-state index contributed by atoms with van der Waals surface area (Å²) in [6, 6.07) is 4.73. The fourth-order valence-electron chi connectivity index (χ4n) is 1.88. The van der Waals surface area contributed by atoms with Crippen molar-refractivity contribution in [3.05, 3.63) is 32.8 Å². The average Bonchev–Trinajstić information content (AvgIpc) is 3.17. The van der Waals surface area contributed by atoms with Gasteiger partial charge in [0.15, 0.2) is 0 Å². The highest BCUT2D eigenvalue weighted by atomic mass is 79.9. The molecule has 0 saturated heterocycles. The number of esters is 1. The number of carbonyl (C=O) groups excluding carboxylic acids is 1. The van der Waals surface area contributed by atoms with Crippen molar-refractivity contribution in [1.29, 1.82) is 0 Å². The molecular weight excluding hydrogens is 346 g/mol. The van der Waals surface area contributed by atoms with E-state index in [-0.39, 0.29) is 17.1 Å². The zero-order chi connectivity index (χ0) is 14.8. The van der Waals surface area contributed by atoms with E-state index in [1.165, 1.54) is 19.2 Å². The summed E-state index contributed by atoms with van der Waals surface area (Å²) >= 11 is 4.96. The molecule has 108 valence electrons. The molecule has 0 atom stereocenters. The third kappa shape index (κ3) is 3.73. The fraction of sp³-hybridized carbons (Fsp3) is 0.462. The topological polar surface area (TPSA) is 69.4 Å². The van der Waals surface area contributed by atoms with Gasteiger partial charge in [-0.1, -0.05) is 0 Å². The lowest BCUT2D eigenvalue weighted by Crippen LogP contribution is -2.13. The number of methoxy groups -OCH3 is 1. The maximum atomic E-state index is 11.3. The van der Waals surface area contributed by atoms with Gasteiger partial charge in [0, 0.05) is 27.3 Å². The Hall–Kier alpha value is -1.08. The first kappa shape index (κ1) is 15.3. The molecule has 1 aromatic carbocycles.